The monoisotopic (exact) mass is 269 g/mol. The van der Waals surface area contributed by atoms with Crippen LogP contribution in [0.1, 0.15) is 26.3 Å². The average molecular weight is 270 g/mol. The number of hydrogen-bond donors (Lipinski definition) is 0. The van der Waals surface area contributed by atoms with Gasteiger partial charge in [-0.15, -0.1) is 0 Å². The van der Waals surface area contributed by atoms with Gasteiger partial charge in [0.25, 0.3) is 5.69 Å². The number of nitro groups is 1. The van der Waals surface area contributed by atoms with Crippen molar-refractivity contribution in [3.05, 3.63) is 38.9 Å². The van der Waals surface area contributed by atoms with Gasteiger partial charge in [0.1, 0.15) is 5.78 Å². The van der Waals surface area contributed by atoms with Crippen LogP contribution in [0.2, 0.25) is 5.02 Å². The molecular formula is C13H16ClNO3. The van der Waals surface area contributed by atoms with Crippen molar-refractivity contribution < 1.29 is 9.72 Å². The Hall–Kier alpha value is -1.42. The highest BCUT2D eigenvalue weighted by molar-refractivity contribution is 6.30. The minimum absolute atomic E-state index is 0.0197. The van der Waals surface area contributed by atoms with E-state index in [1.807, 2.05) is 13.8 Å². The van der Waals surface area contributed by atoms with Gasteiger partial charge in [0.05, 0.1) is 4.92 Å². The molecule has 5 heteroatoms. The van der Waals surface area contributed by atoms with Gasteiger partial charge < -0.3 is 0 Å². The molecular weight excluding hydrogens is 254 g/mol. The lowest BCUT2D eigenvalue weighted by atomic mass is 9.86. The Labute approximate surface area is 111 Å². The number of carbonyl (C=O) groups is 1. The lowest BCUT2D eigenvalue weighted by molar-refractivity contribution is -0.385. The quantitative estimate of drug-likeness (QED) is 0.605. The zero-order valence-corrected chi connectivity index (χ0v) is 11.4. The molecule has 18 heavy (non-hydrogen) atoms. The second-order valence-electron chi connectivity index (χ2n) is 4.70. The van der Waals surface area contributed by atoms with E-state index in [1.165, 1.54) is 19.1 Å². The van der Waals surface area contributed by atoms with Crippen molar-refractivity contribution in [3.63, 3.8) is 0 Å². The third-order valence-electron chi connectivity index (χ3n) is 3.00. The van der Waals surface area contributed by atoms with Gasteiger partial charge in [0.15, 0.2) is 0 Å². The van der Waals surface area contributed by atoms with Gasteiger partial charge in [-0.1, -0.05) is 25.4 Å². The van der Waals surface area contributed by atoms with Gasteiger partial charge in [-0.3, -0.25) is 14.9 Å². The predicted molar refractivity (Wildman–Crippen MR) is 70.8 cm³/mol. The van der Waals surface area contributed by atoms with Crippen molar-refractivity contribution in [3.8, 4) is 0 Å². The van der Waals surface area contributed by atoms with Gasteiger partial charge in [-0.2, -0.15) is 0 Å². The first-order valence-corrected chi connectivity index (χ1v) is 6.14. The fraction of sp³-hybridized carbons (Fsp3) is 0.462. The zero-order chi connectivity index (χ0) is 13.9. The summed E-state index contributed by atoms with van der Waals surface area (Å²) in [6, 6.07) is 4.44. The fourth-order valence-corrected chi connectivity index (χ4v) is 2.18. The Bertz CT molecular complexity index is 471. The van der Waals surface area contributed by atoms with Crippen LogP contribution in [0, 0.1) is 22.0 Å². The molecule has 0 radical (unpaired) electrons. The van der Waals surface area contributed by atoms with Crippen LogP contribution in [0.5, 0.6) is 0 Å². The van der Waals surface area contributed by atoms with Crippen LogP contribution in [0.3, 0.4) is 0 Å². The number of halogens is 1. The molecule has 1 atom stereocenters. The smallest absolute Gasteiger partial charge is 0.272 e. The van der Waals surface area contributed by atoms with Gasteiger partial charge >= 0.3 is 0 Å². The van der Waals surface area contributed by atoms with Crippen LogP contribution in [0.25, 0.3) is 0 Å². The Morgan fingerprint density at radius 3 is 2.50 bits per heavy atom. The number of ketones is 1. The third kappa shape index (κ3) is 3.53. The highest BCUT2D eigenvalue weighted by atomic mass is 35.5. The SMILES string of the molecule is CC(=O)C(Cc1cc(Cl)ccc1[N+](=O)[O-])C(C)C. The topological polar surface area (TPSA) is 60.2 Å². The Balaban J connectivity index is 3.12. The summed E-state index contributed by atoms with van der Waals surface area (Å²) in [7, 11) is 0. The summed E-state index contributed by atoms with van der Waals surface area (Å²) in [6.07, 6.45) is 0.351. The van der Waals surface area contributed by atoms with Crippen LogP contribution in [-0.4, -0.2) is 10.7 Å². The molecule has 98 valence electrons. The van der Waals surface area contributed by atoms with E-state index in [0.29, 0.717) is 17.0 Å². The molecule has 0 fully saturated rings. The van der Waals surface area contributed by atoms with Crippen molar-refractivity contribution in [2.75, 3.05) is 0 Å². The number of rotatable bonds is 5. The molecule has 0 N–H and O–H groups in total. The number of carbonyl (C=O) groups excluding carboxylic acids is 1. The van der Waals surface area contributed by atoms with E-state index in [-0.39, 0.29) is 23.3 Å². The standard InChI is InChI=1S/C13H16ClNO3/c1-8(2)12(9(3)16)7-10-6-11(14)4-5-13(10)15(17)18/h4-6,8,12H,7H2,1-3H3. The number of benzene rings is 1. The molecule has 1 rings (SSSR count). The van der Waals surface area contributed by atoms with Gasteiger partial charge in [0, 0.05) is 22.6 Å². The Kier molecular flexibility index (Phi) is 4.84. The van der Waals surface area contributed by atoms with Crippen molar-refractivity contribution in [2.24, 2.45) is 11.8 Å². The van der Waals surface area contributed by atoms with E-state index >= 15 is 0 Å². The maximum atomic E-state index is 11.6. The van der Waals surface area contributed by atoms with E-state index in [9.17, 15) is 14.9 Å². The van der Waals surface area contributed by atoms with Crippen LogP contribution in [-0.2, 0) is 11.2 Å². The molecule has 0 amide bonds. The molecule has 0 aliphatic heterocycles. The molecule has 0 saturated carbocycles. The maximum absolute atomic E-state index is 11.6. The Morgan fingerprint density at radius 1 is 1.44 bits per heavy atom. The molecule has 0 heterocycles. The van der Waals surface area contributed by atoms with Crippen LogP contribution >= 0.6 is 11.6 Å². The molecule has 0 aromatic heterocycles. The molecule has 1 aromatic carbocycles. The Morgan fingerprint density at radius 2 is 2.06 bits per heavy atom. The maximum Gasteiger partial charge on any atom is 0.272 e. The second-order valence-corrected chi connectivity index (χ2v) is 5.13. The summed E-state index contributed by atoms with van der Waals surface area (Å²) in [4.78, 5) is 22.0. The average Bonchev–Trinajstić information content (AvgIpc) is 2.24. The molecule has 0 saturated heterocycles. The summed E-state index contributed by atoms with van der Waals surface area (Å²) >= 11 is 5.86. The van der Waals surface area contributed by atoms with Gasteiger partial charge in [0.2, 0.25) is 0 Å². The lowest BCUT2D eigenvalue weighted by Crippen LogP contribution is -2.20. The first-order valence-electron chi connectivity index (χ1n) is 5.76. The number of Topliss-reactive ketones (excluding diaryl/α,β-unsaturated/α-hetero) is 1. The highest BCUT2D eigenvalue weighted by Gasteiger charge is 2.23. The van der Waals surface area contributed by atoms with Gasteiger partial charge in [-0.05, 0) is 31.4 Å². The first kappa shape index (κ1) is 14.6. The van der Waals surface area contributed by atoms with Crippen molar-refractivity contribution in [1.29, 1.82) is 0 Å². The number of hydrogen-bond acceptors (Lipinski definition) is 3. The minimum atomic E-state index is -0.441. The number of nitrogens with zero attached hydrogens (tertiary/aromatic N) is 1. The zero-order valence-electron chi connectivity index (χ0n) is 10.6. The summed E-state index contributed by atoms with van der Waals surface area (Å²) in [6.45, 7) is 5.38. The molecule has 0 bridgehead atoms. The largest absolute Gasteiger partial charge is 0.300 e. The molecule has 1 unspecified atom stereocenters. The summed E-state index contributed by atoms with van der Waals surface area (Å²) in [5.74, 6) is -0.0393. The highest BCUT2D eigenvalue weighted by Crippen LogP contribution is 2.27. The van der Waals surface area contributed by atoms with E-state index < -0.39 is 4.92 Å². The van der Waals surface area contributed by atoms with Crippen LogP contribution < -0.4 is 0 Å². The lowest BCUT2D eigenvalue weighted by Gasteiger charge is -2.17. The molecule has 0 spiro atoms. The minimum Gasteiger partial charge on any atom is -0.300 e. The van der Waals surface area contributed by atoms with Crippen molar-refractivity contribution >= 4 is 23.1 Å². The summed E-state index contributed by atoms with van der Waals surface area (Å²) < 4.78 is 0. The molecule has 1 aromatic rings. The third-order valence-corrected chi connectivity index (χ3v) is 3.24. The molecule has 0 aliphatic rings. The van der Waals surface area contributed by atoms with Crippen molar-refractivity contribution in [1.82, 2.24) is 0 Å². The summed E-state index contributed by atoms with van der Waals surface area (Å²) in [5.41, 5.74) is 0.535. The fourth-order valence-electron chi connectivity index (χ4n) is 1.98. The van der Waals surface area contributed by atoms with Crippen LogP contribution in [0.4, 0.5) is 5.69 Å². The number of nitro benzene ring substituents is 1. The van der Waals surface area contributed by atoms with E-state index in [0.717, 1.165) is 0 Å². The van der Waals surface area contributed by atoms with E-state index in [1.54, 1.807) is 6.07 Å². The van der Waals surface area contributed by atoms with Crippen molar-refractivity contribution in [2.45, 2.75) is 27.2 Å². The second kappa shape index (κ2) is 5.96. The summed E-state index contributed by atoms with van der Waals surface area (Å²) in [5, 5.41) is 11.4. The first-order chi connectivity index (χ1) is 8.32. The molecule has 0 aliphatic carbocycles. The van der Waals surface area contributed by atoms with E-state index in [2.05, 4.69) is 0 Å². The van der Waals surface area contributed by atoms with Gasteiger partial charge in [-0.25, -0.2) is 0 Å². The van der Waals surface area contributed by atoms with E-state index in [4.69, 9.17) is 11.6 Å². The predicted octanol–water partition coefficient (Wildman–Crippen LogP) is 3.65. The van der Waals surface area contributed by atoms with Crippen LogP contribution in [0.15, 0.2) is 18.2 Å². The molecule has 4 nitrogen and oxygen atoms in total. The normalized spacial score (nSPS) is 12.5.